The summed E-state index contributed by atoms with van der Waals surface area (Å²) in [5, 5.41) is 1.13. The summed E-state index contributed by atoms with van der Waals surface area (Å²) in [7, 11) is 0. The molecule has 3 rings (SSSR count). The Kier molecular flexibility index (Phi) is 3.57. The molecular formula is C16H22N2S. The molecule has 0 spiro atoms. The van der Waals surface area contributed by atoms with E-state index in [1.165, 1.54) is 37.7 Å². The van der Waals surface area contributed by atoms with Crippen LogP contribution in [0.25, 0.3) is 10.3 Å². The molecule has 2 nitrogen and oxygen atoms in total. The van der Waals surface area contributed by atoms with Crippen LogP contribution in [0.15, 0.2) is 6.07 Å². The fraction of sp³-hybridized carbons (Fsp3) is 0.625. The monoisotopic (exact) mass is 274 g/mol. The van der Waals surface area contributed by atoms with E-state index in [0.29, 0.717) is 0 Å². The van der Waals surface area contributed by atoms with Gasteiger partial charge < -0.3 is 0 Å². The number of thiazole rings is 1. The zero-order valence-corrected chi connectivity index (χ0v) is 12.9. The summed E-state index contributed by atoms with van der Waals surface area (Å²) in [6.07, 6.45) is 6.75. The summed E-state index contributed by atoms with van der Waals surface area (Å²) < 4.78 is 0. The smallest absolute Gasteiger partial charge is 0.144 e. The predicted molar refractivity (Wildman–Crippen MR) is 81.7 cm³/mol. The molecule has 2 heterocycles. The van der Waals surface area contributed by atoms with E-state index >= 15 is 0 Å². The third-order valence-corrected chi connectivity index (χ3v) is 5.19. The van der Waals surface area contributed by atoms with Gasteiger partial charge in [0.25, 0.3) is 0 Å². The molecule has 0 unspecified atom stereocenters. The van der Waals surface area contributed by atoms with E-state index in [1.807, 2.05) is 0 Å². The largest absolute Gasteiger partial charge is 0.241 e. The van der Waals surface area contributed by atoms with Gasteiger partial charge in [-0.2, -0.15) is 0 Å². The minimum atomic E-state index is 0.850. The van der Waals surface area contributed by atoms with Gasteiger partial charge in [-0.25, -0.2) is 9.97 Å². The first-order chi connectivity index (χ1) is 9.11. The van der Waals surface area contributed by atoms with Crippen molar-refractivity contribution in [3.63, 3.8) is 0 Å². The van der Waals surface area contributed by atoms with Crippen LogP contribution in [0, 0.1) is 25.7 Å². The molecule has 0 radical (unpaired) electrons. The maximum atomic E-state index is 4.69. The van der Waals surface area contributed by atoms with Gasteiger partial charge in [-0.1, -0.05) is 31.1 Å². The Hall–Kier alpha value is -0.960. The molecule has 0 saturated heterocycles. The Morgan fingerprint density at radius 1 is 1.16 bits per heavy atom. The lowest BCUT2D eigenvalue weighted by Crippen LogP contribution is -2.14. The van der Waals surface area contributed by atoms with Crippen LogP contribution >= 0.6 is 11.3 Å². The normalized spacial score (nSPS) is 23.9. The summed E-state index contributed by atoms with van der Waals surface area (Å²) in [5.41, 5.74) is 3.72. The van der Waals surface area contributed by atoms with Crippen LogP contribution in [0.3, 0.4) is 0 Å². The SMILES string of the molecule is Cc1cc(C[C@H]2CC[C@H](C)CC2)c2nc(C)sc2n1. The summed E-state index contributed by atoms with van der Waals surface area (Å²) in [6.45, 7) is 6.56. The van der Waals surface area contributed by atoms with Crippen LogP contribution < -0.4 is 0 Å². The molecule has 0 bridgehead atoms. The Labute approximate surface area is 119 Å². The molecule has 2 aromatic rings. The molecule has 0 N–H and O–H groups in total. The van der Waals surface area contributed by atoms with Gasteiger partial charge in [0, 0.05) is 5.69 Å². The van der Waals surface area contributed by atoms with E-state index in [1.54, 1.807) is 11.3 Å². The zero-order chi connectivity index (χ0) is 13.4. The lowest BCUT2D eigenvalue weighted by Gasteiger charge is -2.26. The quantitative estimate of drug-likeness (QED) is 0.795. The molecule has 0 atom stereocenters. The second-order valence-electron chi connectivity index (χ2n) is 6.14. The van der Waals surface area contributed by atoms with E-state index in [4.69, 9.17) is 4.98 Å². The van der Waals surface area contributed by atoms with E-state index in [0.717, 1.165) is 32.9 Å². The van der Waals surface area contributed by atoms with Gasteiger partial charge in [0.2, 0.25) is 0 Å². The third-order valence-electron chi connectivity index (χ3n) is 4.33. The van der Waals surface area contributed by atoms with Crippen molar-refractivity contribution in [2.45, 2.75) is 52.9 Å². The first kappa shape index (κ1) is 13.0. The predicted octanol–water partition coefficient (Wildman–Crippen LogP) is 4.68. The Balaban J connectivity index is 1.87. The van der Waals surface area contributed by atoms with Crippen LogP contribution in [0.1, 0.15) is 48.9 Å². The highest BCUT2D eigenvalue weighted by Crippen LogP contribution is 2.33. The molecule has 0 amide bonds. The Morgan fingerprint density at radius 3 is 2.63 bits per heavy atom. The van der Waals surface area contributed by atoms with Gasteiger partial charge in [-0.05, 0) is 56.6 Å². The van der Waals surface area contributed by atoms with E-state index in [2.05, 4.69) is 31.8 Å². The van der Waals surface area contributed by atoms with Gasteiger partial charge >= 0.3 is 0 Å². The number of aromatic nitrogens is 2. The van der Waals surface area contributed by atoms with Crippen molar-refractivity contribution >= 4 is 21.7 Å². The first-order valence-corrected chi connectivity index (χ1v) is 8.17. The maximum Gasteiger partial charge on any atom is 0.144 e. The Morgan fingerprint density at radius 2 is 1.89 bits per heavy atom. The van der Waals surface area contributed by atoms with Gasteiger partial charge in [0.1, 0.15) is 10.3 Å². The van der Waals surface area contributed by atoms with Crippen molar-refractivity contribution in [3.05, 3.63) is 22.3 Å². The molecule has 19 heavy (non-hydrogen) atoms. The highest BCUT2D eigenvalue weighted by Gasteiger charge is 2.20. The van der Waals surface area contributed by atoms with E-state index in [9.17, 15) is 0 Å². The molecule has 1 aliphatic carbocycles. The van der Waals surface area contributed by atoms with Crippen LogP contribution in [0.5, 0.6) is 0 Å². The summed E-state index contributed by atoms with van der Waals surface area (Å²) >= 11 is 1.72. The van der Waals surface area contributed by atoms with Gasteiger partial charge in [0.05, 0.1) is 5.01 Å². The van der Waals surface area contributed by atoms with E-state index < -0.39 is 0 Å². The number of aryl methyl sites for hydroxylation is 2. The standard InChI is InChI=1S/C16H22N2S/c1-10-4-6-13(7-5-10)9-14-8-11(2)17-16-15(14)18-12(3)19-16/h8,10,13H,4-7,9H2,1-3H3/t10-,13-. The molecule has 1 saturated carbocycles. The number of rotatable bonds is 2. The highest BCUT2D eigenvalue weighted by atomic mass is 32.1. The van der Waals surface area contributed by atoms with Crippen molar-refractivity contribution in [2.24, 2.45) is 11.8 Å². The van der Waals surface area contributed by atoms with Gasteiger partial charge in [-0.3, -0.25) is 0 Å². The van der Waals surface area contributed by atoms with Crippen molar-refractivity contribution in [1.82, 2.24) is 9.97 Å². The number of hydrogen-bond acceptors (Lipinski definition) is 3. The van der Waals surface area contributed by atoms with Gasteiger partial charge in [0.15, 0.2) is 0 Å². The van der Waals surface area contributed by atoms with Crippen LogP contribution in [-0.4, -0.2) is 9.97 Å². The van der Waals surface area contributed by atoms with Crippen LogP contribution in [0.2, 0.25) is 0 Å². The first-order valence-electron chi connectivity index (χ1n) is 7.35. The minimum Gasteiger partial charge on any atom is -0.241 e. The van der Waals surface area contributed by atoms with E-state index in [-0.39, 0.29) is 0 Å². The summed E-state index contributed by atoms with van der Waals surface area (Å²) in [6, 6.07) is 2.25. The van der Waals surface area contributed by atoms with Crippen molar-refractivity contribution in [3.8, 4) is 0 Å². The molecule has 2 aromatic heterocycles. The number of fused-ring (bicyclic) bond motifs is 1. The number of pyridine rings is 1. The number of hydrogen-bond donors (Lipinski definition) is 0. The average molecular weight is 274 g/mol. The molecular weight excluding hydrogens is 252 g/mol. The maximum absolute atomic E-state index is 4.69. The topological polar surface area (TPSA) is 25.8 Å². The summed E-state index contributed by atoms with van der Waals surface area (Å²) in [5.74, 6) is 1.78. The molecule has 1 fully saturated rings. The zero-order valence-electron chi connectivity index (χ0n) is 12.1. The molecule has 3 heteroatoms. The number of nitrogens with zero attached hydrogens (tertiary/aromatic N) is 2. The third kappa shape index (κ3) is 2.81. The van der Waals surface area contributed by atoms with Crippen molar-refractivity contribution in [2.75, 3.05) is 0 Å². The second kappa shape index (κ2) is 5.20. The lowest BCUT2D eigenvalue weighted by molar-refractivity contribution is 0.289. The van der Waals surface area contributed by atoms with Crippen LogP contribution in [-0.2, 0) is 6.42 Å². The second-order valence-corrected chi connectivity index (χ2v) is 7.32. The summed E-state index contributed by atoms with van der Waals surface area (Å²) in [4.78, 5) is 10.4. The van der Waals surface area contributed by atoms with Crippen molar-refractivity contribution < 1.29 is 0 Å². The fourth-order valence-electron chi connectivity index (χ4n) is 3.21. The van der Waals surface area contributed by atoms with Gasteiger partial charge in [-0.15, -0.1) is 0 Å². The molecule has 102 valence electrons. The fourth-order valence-corrected chi connectivity index (χ4v) is 4.09. The van der Waals surface area contributed by atoms with Crippen molar-refractivity contribution in [1.29, 1.82) is 0 Å². The Bertz CT molecular complexity index is 580. The molecule has 0 aliphatic heterocycles. The van der Waals surface area contributed by atoms with Crippen LogP contribution in [0.4, 0.5) is 0 Å². The molecule has 0 aromatic carbocycles. The highest BCUT2D eigenvalue weighted by molar-refractivity contribution is 7.18. The lowest BCUT2D eigenvalue weighted by atomic mass is 9.80. The minimum absolute atomic E-state index is 0.850. The molecule has 1 aliphatic rings. The average Bonchev–Trinajstić information content (AvgIpc) is 2.72.